The van der Waals surface area contributed by atoms with Gasteiger partial charge in [0, 0.05) is 0 Å². The predicted molar refractivity (Wildman–Crippen MR) is 77.0 cm³/mol. The summed E-state index contributed by atoms with van der Waals surface area (Å²) < 4.78 is 6.54. The van der Waals surface area contributed by atoms with E-state index in [-0.39, 0.29) is 12.2 Å². The second kappa shape index (κ2) is 5.20. The molecule has 3 aromatic rings. The lowest BCUT2D eigenvalue weighted by molar-refractivity contribution is 0.0526. The highest BCUT2D eigenvalue weighted by molar-refractivity contribution is 5.94. The van der Waals surface area contributed by atoms with Crippen LogP contribution in [-0.2, 0) is 4.74 Å². The summed E-state index contributed by atoms with van der Waals surface area (Å²) in [6, 6.07) is 8.94. The molecule has 0 bridgehead atoms. The van der Waals surface area contributed by atoms with Gasteiger partial charge in [-0.3, -0.25) is 0 Å². The summed E-state index contributed by atoms with van der Waals surface area (Å²) in [7, 11) is 0. The fourth-order valence-corrected chi connectivity index (χ4v) is 2.03. The van der Waals surface area contributed by atoms with Crippen molar-refractivity contribution >= 4 is 22.7 Å². The highest BCUT2D eigenvalue weighted by atomic mass is 16.5. The molecule has 0 unspecified atom stereocenters. The van der Waals surface area contributed by atoms with E-state index >= 15 is 0 Å². The fourth-order valence-electron chi connectivity index (χ4n) is 2.03. The maximum Gasteiger partial charge on any atom is 0.342 e. The molecule has 7 heteroatoms. The van der Waals surface area contributed by atoms with Gasteiger partial charge in [0.1, 0.15) is 11.1 Å². The SMILES string of the molecule is CCOC(=O)c1cc(N)cnc1-n1nnc2ccccc21. The number of benzene rings is 1. The van der Waals surface area contributed by atoms with Crippen LogP contribution in [0, 0.1) is 0 Å². The minimum absolute atomic E-state index is 0.257. The van der Waals surface area contributed by atoms with Crippen LogP contribution < -0.4 is 5.73 Å². The van der Waals surface area contributed by atoms with Crippen molar-refractivity contribution in [3.63, 3.8) is 0 Å². The van der Waals surface area contributed by atoms with Crippen molar-refractivity contribution in [3.05, 3.63) is 42.1 Å². The summed E-state index contributed by atoms with van der Waals surface area (Å²) in [6.07, 6.45) is 1.47. The highest BCUT2D eigenvalue weighted by Gasteiger charge is 2.18. The van der Waals surface area contributed by atoms with E-state index in [9.17, 15) is 4.79 Å². The van der Waals surface area contributed by atoms with E-state index in [1.807, 2.05) is 24.3 Å². The van der Waals surface area contributed by atoms with Crippen LogP contribution in [0.5, 0.6) is 0 Å². The van der Waals surface area contributed by atoms with E-state index in [0.717, 1.165) is 5.52 Å². The van der Waals surface area contributed by atoms with Crippen LogP contribution >= 0.6 is 0 Å². The first-order valence-electron chi connectivity index (χ1n) is 6.44. The monoisotopic (exact) mass is 283 g/mol. The molecule has 3 rings (SSSR count). The van der Waals surface area contributed by atoms with Gasteiger partial charge in [-0.2, -0.15) is 4.68 Å². The largest absolute Gasteiger partial charge is 0.462 e. The zero-order valence-corrected chi connectivity index (χ0v) is 11.4. The molecule has 2 N–H and O–H groups in total. The van der Waals surface area contributed by atoms with Gasteiger partial charge in [0.25, 0.3) is 0 Å². The van der Waals surface area contributed by atoms with Crippen molar-refractivity contribution in [1.82, 2.24) is 20.0 Å². The number of anilines is 1. The number of esters is 1. The fraction of sp³-hybridized carbons (Fsp3) is 0.143. The molecular weight excluding hydrogens is 270 g/mol. The number of aromatic nitrogens is 4. The van der Waals surface area contributed by atoms with Crippen molar-refractivity contribution in [2.45, 2.75) is 6.92 Å². The number of carbonyl (C=O) groups is 1. The number of pyridine rings is 1. The summed E-state index contributed by atoms with van der Waals surface area (Å²) in [5, 5.41) is 8.11. The first-order valence-corrected chi connectivity index (χ1v) is 6.44. The summed E-state index contributed by atoms with van der Waals surface area (Å²) >= 11 is 0. The number of carbonyl (C=O) groups excluding carboxylic acids is 1. The van der Waals surface area contributed by atoms with Crippen molar-refractivity contribution < 1.29 is 9.53 Å². The smallest absolute Gasteiger partial charge is 0.342 e. The Balaban J connectivity index is 2.20. The Morgan fingerprint density at radius 3 is 3.00 bits per heavy atom. The molecule has 1 aromatic carbocycles. The van der Waals surface area contributed by atoms with Crippen LogP contribution in [0.2, 0.25) is 0 Å². The Kier molecular flexibility index (Phi) is 3.23. The second-order valence-corrected chi connectivity index (χ2v) is 4.35. The molecule has 0 aliphatic heterocycles. The van der Waals surface area contributed by atoms with Crippen molar-refractivity contribution in [1.29, 1.82) is 0 Å². The normalized spacial score (nSPS) is 10.7. The Morgan fingerprint density at radius 1 is 1.38 bits per heavy atom. The van der Waals surface area contributed by atoms with Gasteiger partial charge in [-0.1, -0.05) is 17.3 Å². The molecule has 0 fully saturated rings. The predicted octanol–water partition coefficient (Wildman–Crippen LogP) is 1.57. The van der Waals surface area contributed by atoms with Crippen LogP contribution in [0.15, 0.2) is 36.5 Å². The number of hydrogen-bond donors (Lipinski definition) is 1. The molecule has 21 heavy (non-hydrogen) atoms. The first-order chi connectivity index (χ1) is 10.2. The van der Waals surface area contributed by atoms with Crippen LogP contribution in [0.3, 0.4) is 0 Å². The number of ether oxygens (including phenoxy) is 1. The summed E-state index contributed by atoms with van der Waals surface area (Å²) in [5.74, 6) is -0.150. The van der Waals surface area contributed by atoms with Gasteiger partial charge in [0.15, 0.2) is 5.82 Å². The quantitative estimate of drug-likeness (QED) is 0.733. The topological polar surface area (TPSA) is 95.9 Å². The third kappa shape index (κ3) is 2.29. The third-order valence-corrected chi connectivity index (χ3v) is 2.94. The lowest BCUT2D eigenvalue weighted by Crippen LogP contribution is -2.13. The molecule has 0 atom stereocenters. The zero-order chi connectivity index (χ0) is 14.8. The van der Waals surface area contributed by atoms with Gasteiger partial charge in [0.2, 0.25) is 0 Å². The number of hydrogen-bond acceptors (Lipinski definition) is 6. The van der Waals surface area contributed by atoms with Gasteiger partial charge < -0.3 is 10.5 Å². The van der Waals surface area contributed by atoms with Gasteiger partial charge >= 0.3 is 5.97 Å². The Morgan fingerprint density at radius 2 is 2.19 bits per heavy atom. The van der Waals surface area contributed by atoms with Crippen molar-refractivity contribution in [2.75, 3.05) is 12.3 Å². The number of fused-ring (bicyclic) bond motifs is 1. The van der Waals surface area contributed by atoms with Crippen molar-refractivity contribution in [3.8, 4) is 5.82 Å². The van der Waals surface area contributed by atoms with Gasteiger partial charge in [-0.25, -0.2) is 9.78 Å². The van der Waals surface area contributed by atoms with Crippen LogP contribution in [-0.4, -0.2) is 32.6 Å². The third-order valence-electron chi connectivity index (χ3n) is 2.94. The maximum absolute atomic E-state index is 12.1. The molecule has 0 saturated carbocycles. The Hall–Kier alpha value is -2.96. The van der Waals surface area contributed by atoms with Crippen LogP contribution in [0.25, 0.3) is 16.9 Å². The Bertz CT molecular complexity index is 812. The van der Waals surface area contributed by atoms with Gasteiger partial charge in [-0.05, 0) is 25.1 Å². The average molecular weight is 283 g/mol. The standard InChI is InChI=1S/C14H13N5O2/c1-2-21-14(20)10-7-9(15)8-16-13(10)19-12-6-4-3-5-11(12)17-18-19/h3-8H,2,15H2,1H3. The molecule has 0 radical (unpaired) electrons. The van der Waals surface area contributed by atoms with E-state index in [0.29, 0.717) is 17.0 Å². The number of rotatable bonds is 3. The molecule has 106 valence electrons. The van der Waals surface area contributed by atoms with E-state index in [1.54, 1.807) is 6.92 Å². The summed E-state index contributed by atoms with van der Waals surface area (Å²) in [5.41, 5.74) is 7.81. The average Bonchev–Trinajstić information content (AvgIpc) is 2.91. The molecule has 0 spiro atoms. The molecule has 0 amide bonds. The molecule has 7 nitrogen and oxygen atoms in total. The summed E-state index contributed by atoms with van der Waals surface area (Å²) in [4.78, 5) is 16.3. The first kappa shape index (κ1) is 13.0. The van der Waals surface area contributed by atoms with Gasteiger partial charge in [0.05, 0.1) is 24.0 Å². The van der Waals surface area contributed by atoms with Crippen LogP contribution in [0.4, 0.5) is 5.69 Å². The molecule has 0 aliphatic rings. The molecule has 0 saturated heterocycles. The lowest BCUT2D eigenvalue weighted by Gasteiger charge is -2.08. The molecule has 0 aliphatic carbocycles. The zero-order valence-electron chi connectivity index (χ0n) is 11.4. The summed E-state index contributed by atoms with van der Waals surface area (Å²) in [6.45, 7) is 2.01. The number of nitrogens with two attached hydrogens (primary N) is 1. The molecule has 2 aromatic heterocycles. The molecular formula is C14H13N5O2. The minimum Gasteiger partial charge on any atom is -0.462 e. The second-order valence-electron chi connectivity index (χ2n) is 4.35. The number of nitrogens with zero attached hydrogens (tertiary/aromatic N) is 4. The lowest BCUT2D eigenvalue weighted by atomic mass is 10.2. The minimum atomic E-state index is -0.494. The maximum atomic E-state index is 12.1. The Labute approximate surface area is 120 Å². The highest BCUT2D eigenvalue weighted by Crippen LogP contribution is 2.20. The van der Waals surface area contributed by atoms with E-state index in [1.165, 1.54) is 16.9 Å². The van der Waals surface area contributed by atoms with E-state index < -0.39 is 5.97 Å². The molecule has 2 heterocycles. The van der Waals surface area contributed by atoms with Gasteiger partial charge in [-0.15, -0.1) is 5.10 Å². The van der Waals surface area contributed by atoms with Crippen LogP contribution in [0.1, 0.15) is 17.3 Å². The number of nitrogen functional groups attached to an aromatic ring is 1. The van der Waals surface area contributed by atoms with E-state index in [4.69, 9.17) is 10.5 Å². The van der Waals surface area contributed by atoms with E-state index in [2.05, 4.69) is 15.3 Å². The number of para-hydroxylation sites is 1. The van der Waals surface area contributed by atoms with Crippen molar-refractivity contribution in [2.24, 2.45) is 0 Å².